The van der Waals surface area contributed by atoms with Crippen LogP contribution in [0.3, 0.4) is 0 Å². The summed E-state index contributed by atoms with van der Waals surface area (Å²) in [6, 6.07) is 0. The number of hydrogen-bond acceptors (Lipinski definition) is 2. The molecule has 0 aliphatic carbocycles. The highest BCUT2D eigenvalue weighted by atomic mass is 19.4. The number of halogens is 5. The van der Waals surface area contributed by atoms with Crippen molar-refractivity contribution in [2.75, 3.05) is 21.3 Å². The molecule has 0 unspecified atom stereocenters. The second-order valence-corrected chi connectivity index (χ2v) is 1.83. The average molecular weight is 288 g/mol. The number of alkyl halides is 3. The van der Waals surface area contributed by atoms with Gasteiger partial charge in [0.05, 0.1) is 7.11 Å². The van der Waals surface area contributed by atoms with Crippen molar-refractivity contribution in [3.05, 3.63) is 12.3 Å². The molecule has 0 aliphatic rings. The van der Waals surface area contributed by atoms with Gasteiger partial charge < -0.3 is 9.47 Å². The Morgan fingerprint density at radius 2 is 1.06 bits per heavy atom. The van der Waals surface area contributed by atoms with Gasteiger partial charge in [-0.15, -0.1) is 0 Å². The number of rotatable bonds is 1. The maximum absolute atomic E-state index is 10.8. The SMILES string of the molecule is C.C.C.C.CC(F)(F)F.COC.COC=C(F)F. The number of ether oxygens (including phenoxy) is 2. The summed E-state index contributed by atoms with van der Waals surface area (Å²) in [5.41, 5.74) is 0. The zero-order valence-corrected chi connectivity index (χ0v) is 8.28. The summed E-state index contributed by atoms with van der Waals surface area (Å²) in [5, 5.41) is 0. The van der Waals surface area contributed by atoms with E-state index in [1.165, 1.54) is 7.11 Å². The van der Waals surface area contributed by atoms with Crippen LogP contribution in [-0.4, -0.2) is 27.5 Å². The molecule has 0 aliphatic heterocycles. The lowest BCUT2D eigenvalue weighted by Crippen LogP contribution is -1.95. The topological polar surface area (TPSA) is 18.5 Å². The Hall–Kier alpha value is -0.850. The van der Waals surface area contributed by atoms with Gasteiger partial charge in [0.1, 0.15) is 6.26 Å². The summed E-state index contributed by atoms with van der Waals surface area (Å²) >= 11 is 0. The first kappa shape index (κ1) is 43.4. The summed E-state index contributed by atoms with van der Waals surface area (Å²) in [6.07, 6.45) is -5.43. The van der Waals surface area contributed by atoms with E-state index in [2.05, 4.69) is 9.47 Å². The molecule has 0 bridgehead atoms. The third-order valence-electron chi connectivity index (χ3n) is 0.207. The summed E-state index contributed by atoms with van der Waals surface area (Å²) in [7, 11) is 4.42. The van der Waals surface area contributed by atoms with Crippen molar-refractivity contribution < 1.29 is 31.4 Å². The van der Waals surface area contributed by atoms with E-state index < -0.39 is 12.3 Å². The molecule has 0 fully saturated rings. The Morgan fingerprint density at radius 3 is 1.06 bits per heavy atom. The van der Waals surface area contributed by atoms with Crippen LogP contribution in [0.1, 0.15) is 36.6 Å². The summed E-state index contributed by atoms with van der Waals surface area (Å²) in [6.45, 7) is 0.188. The lowest BCUT2D eigenvalue weighted by Gasteiger charge is -1.88. The van der Waals surface area contributed by atoms with Crippen molar-refractivity contribution in [1.82, 2.24) is 0 Å². The highest BCUT2D eigenvalue weighted by Crippen LogP contribution is 2.10. The van der Waals surface area contributed by atoms with Gasteiger partial charge in [-0.2, -0.15) is 22.0 Å². The molecule has 0 aromatic heterocycles. The summed E-state index contributed by atoms with van der Waals surface area (Å²) in [5.74, 6) is 0. The Morgan fingerprint density at radius 1 is 0.889 bits per heavy atom. The van der Waals surface area contributed by atoms with Crippen molar-refractivity contribution in [1.29, 1.82) is 0 Å². The Labute approximate surface area is 109 Å². The quantitative estimate of drug-likeness (QED) is 0.452. The normalized spacial score (nSPS) is 6.72. The van der Waals surface area contributed by atoms with Gasteiger partial charge in [0.15, 0.2) is 0 Å². The maximum Gasteiger partial charge on any atom is 0.386 e. The van der Waals surface area contributed by atoms with E-state index in [0.717, 1.165) is 0 Å². The molecule has 18 heavy (non-hydrogen) atoms. The molecular weight excluding hydrogens is 259 g/mol. The third-order valence-corrected chi connectivity index (χ3v) is 0.207. The first-order valence-corrected chi connectivity index (χ1v) is 3.19. The van der Waals surface area contributed by atoms with Crippen molar-refractivity contribution >= 4 is 0 Å². The first-order chi connectivity index (χ1) is 6.18. The molecule has 0 atom stereocenters. The van der Waals surface area contributed by atoms with E-state index in [0.29, 0.717) is 6.26 Å². The highest BCUT2D eigenvalue weighted by Gasteiger charge is 2.15. The van der Waals surface area contributed by atoms with Gasteiger partial charge in [0.2, 0.25) is 0 Å². The minimum Gasteiger partial charge on any atom is -0.499 e. The lowest BCUT2D eigenvalue weighted by molar-refractivity contribution is -0.110. The molecule has 0 heterocycles. The largest absolute Gasteiger partial charge is 0.499 e. The molecule has 0 saturated carbocycles. The fraction of sp³-hybridized carbons (Fsp3) is 0.818. The molecule has 0 rings (SSSR count). The Balaban J connectivity index is -0.0000000189. The zero-order valence-electron chi connectivity index (χ0n) is 8.28. The average Bonchev–Trinajstić information content (AvgIpc) is 1.83. The van der Waals surface area contributed by atoms with Crippen molar-refractivity contribution in [3.63, 3.8) is 0 Å². The van der Waals surface area contributed by atoms with Crippen LogP contribution in [0, 0.1) is 0 Å². The van der Waals surface area contributed by atoms with E-state index >= 15 is 0 Å². The summed E-state index contributed by atoms with van der Waals surface area (Å²) < 4.78 is 60.7. The Kier molecular flexibility index (Phi) is 71.9. The Bertz CT molecular complexity index is 126. The minimum atomic E-state index is -4.00. The van der Waals surface area contributed by atoms with Crippen LogP contribution in [0.25, 0.3) is 0 Å². The smallest absolute Gasteiger partial charge is 0.386 e. The van der Waals surface area contributed by atoms with Gasteiger partial charge in [0, 0.05) is 21.1 Å². The number of hydrogen-bond donors (Lipinski definition) is 0. The first-order valence-electron chi connectivity index (χ1n) is 3.19. The molecule has 120 valence electrons. The van der Waals surface area contributed by atoms with Crippen LogP contribution in [0.15, 0.2) is 12.3 Å². The van der Waals surface area contributed by atoms with Gasteiger partial charge in [-0.1, -0.05) is 29.7 Å². The molecule has 0 saturated heterocycles. The predicted molar refractivity (Wildman–Crippen MR) is 68.9 cm³/mol. The summed E-state index contributed by atoms with van der Waals surface area (Å²) in [4.78, 5) is 0. The van der Waals surface area contributed by atoms with Crippen LogP contribution in [-0.2, 0) is 9.47 Å². The fourth-order valence-corrected chi connectivity index (χ4v) is 0.0891. The number of methoxy groups -OCH3 is 2. The molecule has 0 aromatic rings. The molecule has 0 radical (unpaired) electrons. The van der Waals surface area contributed by atoms with Crippen LogP contribution >= 0.6 is 0 Å². The molecule has 0 amide bonds. The molecule has 7 heteroatoms. The van der Waals surface area contributed by atoms with E-state index in [1.54, 1.807) is 14.2 Å². The van der Waals surface area contributed by atoms with E-state index in [4.69, 9.17) is 0 Å². The molecule has 0 spiro atoms. The van der Waals surface area contributed by atoms with Crippen molar-refractivity contribution in [2.45, 2.75) is 42.8 Å². The van der Waals surface area contributed by atoms with Gasteiger partial charge in [0.25, 0.3) is 0 Å². The van der Waals surface area contributed by atoms with Crippen LogP contribution in [0.5, 0.6) is 0 Å². The molecule has 0 aromatic carbocycles. The second kappa shape index (κ2) is 29.8. The standard InChI is InChI=1S/C3H4F2O.C2H3F3.C2H6O.4CH4/c1-6-2-3(4)5;1-2(3,4)5;1-3-2;;;;/h2H,1H3;1H3;1-2H3;4*1H4. The second-order valence-electron chi connectivity index (χ2n) is 1.83. The zero-order chi connectivity index (χ0) is 12.2. The molecule has 0 N–H and O–H groups in total. The monoisotopic (exact) mass is 288 g/mol. The van der Waals surface area contributed by atoms with Gasteiger partial charge in [-0.25, -0.2) is 0 Å². The third kappa shape index (κ3) is 656. The van der Waals surface area contributed by atoms with Gasteiger partial charge in [-0.3, -0.25) is 0 Å². The lowest BCUT2D eigenvalue weighted by atomic mass is 10.8. The maximum atomic E-state index is 10.8. The van der Waals surface area contributed by atoms with Gasteiger partial charge >= 0.3 is 12.3 Å². The minimum absolute atomic E-state index is 0. The van der Waals surface area contributed by atoms with Gasteiger partial charge in [-0.05, 0) is 0 Å². The van der Waals surface area contributed by atoms with Crippen LogP contribution in [0.2, 0.25) is 0 Å². The van der Waals surface area contributed by atoms with Crippen molar-refractivity contribution in [2.24, 2.45) is 0 Å². The van der Waals surface area contributed by atoms with E-state index in [1.807, 2.05) is 0 Å². The van der Waals surface area contributed by atoms with Crippen LogP contribution in [0.4, 0.5) is 22.0 Å². The fourth-order valence-electron chi connectivity index (χ4n) is 0.0891. The van der Waals surface area contributed by atoms with Crippen molar-refractivity contribution in [3.8, 4) is 0 Å². The molecular formula is C11H29F5O2. The highest BCUT2D eigenvalue weighted by molar-refractivity contribution is 4.67. The predicted octanol–water partition coefficient (Wildman–Crippen LogP) is 5.75. The molecule has 2 nitrogen and oxygen atoms in total. The van der Waals surface area contributed by atoms with E-state index in [-0.39, 0.29) is 36.6 Å². The van der Waals surface area contributed by atoms with E-state index in [9.17, 15) is 22.0 Å². The van der Waals surface area contributed by atoms with Crippen LogP contribution < -0.4 is 0 Å².